The maximum atomic E-state index is 11.8. The smallest absolute Gasteiger partial charge is 0.200 e. The number of nitrogens with two attached hydrogens (primary N) is 1. The molecule has 0 unspecified atom stereocenters. The Morgan fingerprint density at radius 3 is 2.50 bits per heavy atom. The van der Waals surface area contributed by atoms with Gasteiger partial charge in [0.25, 0.3) is 0 Å². The van der Waals surface area contributed by atoms with Gasteiger partial charge >= 0.3 is 0 Å². The highest BCUT2D eigenvalue weighted by atomic mass is 32.2. The minimum Gasteiger partial charge on any atom is -0.326 e. The van der Waals surface area contributed by atoms with Crippen molar-refractivity contribution in [3.63, 3.8) is 0 Å². The van der Waals surface area contributed by atoms with Crippen LogP contribution in [0.4, 0.5) is 0 Å². The predicted molar refractivity (Wildman–Crippen MR) is 69.2 cm³/mol. The summed E-state index contributed by atoms with van der Waals surface area (Å²) in [6.45, 7) is 0.277. The third kappa shape index (κ3) is 2.47. The van der Waals surface area contributed by atoms with Crippen LogP contribution in [0.5, 0.6) is 0 Å². The molecule has 1 aliphatic heterocycles. The second-order valence-electron chi connectivity index (χ2n) is 4.29. The van der Waals surface area contributed by atoms with Crippen LogP contribution < -0.4 is 5.73 Å². The lowest BCUT2D eigenvalue weighted by atomic mass is 10.1. The summed E-state index contributed by atoms with van der Waals surface area (Å²) in [7, 11) is -6.80. The molecule has 0 fully saturated rings. The van der Waals surface area contributed by atoms with E-state index < -0.39 is 19.7 Å². The highest BCUT2D eigenvalue weighted by molar-refractivity contribution is 7.95. The standard InChI is InChI=1S/C11H13NO4S2/c1-17(13,14)6-9-7-18(15,16)11-3-2-8(5-12)4-10(9)11/h2-4,7H,5-6,12H2,1H3. The van der Waals surface area contributed by atoms with Crippen LogP contribution in [0.25, 0.3) is 5.57 Å². The van der Waals surface area contributed by atoms with Crippen molar-refractivity contribution in [3.8, 4) is 0 Å². The molecule has 1 aliphatic rings. The van der Waals surface area contributed by atoms with Gasteiger partial charge in [-0.2, -0.15) is 0 Å². The van der Waals surface area contributed by atoms with Crippen LogP contribution in [0, 0.1) is 0 Å². The van der Waals surface area contributed by atoms with Gasteiger partial charge in [0.2, 0.25) is 9.84 Å². The molecule has 0 atom stereocenters. The fourth-order valence-corrected chi connectivity index (χ4v) is 4.29. The molecule has 0 bridgehead atoms. The molecule has 0 saturated heterocycles. The summed E-state index contributed by atoms with van der Waals surface area (Å²) in [4.78, 5) is 0.151. The molecule has 98 valence electrons. The molecule has 7 heteroatoms. The minimum absolute atomic E-state index is 0.151. The van der Waals surface area contributed by atoms with Crippen molar-refractivity contribution in [2.24, 2.45) is 5.73 Å². The first-order chi connectivity index (χ1) is 8.23. The number of benzene rings is 1. The fourth-order valence-electron chi connectivity index (χ4n) is 1.91. The van der Waals surface area contributed by atoms with Crippen LogP contribution in [0.2, 0.25) is 0 Å². The third-order valence-corrected chi connectivity index (χ3v) is 5.05. The number of hydrogen-bond donors (Lipinski definition) is 1. The van der Waals surface area contributed by atoms with Crippen molar-refractivity contribution in [1.82, 2.24) is 0 Å². The second-order valence-corrected chi connectivity index (χ2v) is 8.20. The second kappa shape index (κ2) is 4.18. The van der Waals surface area contributed by atoms with E-state index in [1.165, 1.54) is 6.07 Å². The van der Waals surface area contributed by atoms with Crippen LogP contribution in [0.1, 0.15) is 11.1 Å². The Hall–Kier alpha value is -1.18. The summed E-state index contributed by atoms with van der Waals surface area (Å²) in [5, 5.41) is 1.03. The molecule has 2 N–H and O–H groups in total. The molecule has 1 heterocycles. The Balaban J connectivity index is 2.61. The van der Waals surface area contributed by atoms with E-state index in [4.69, 9.17) is 5.73 Å². The normalized spacial score (nSPS) is 17.3. The largest absolute Gasteiger partial charge is 0.326 e. The summed E-state index contributed by atoms with van der Waals surface area (Å²) >= 11 is 0. The summed E-state index contributed by atoms with van der Waals surface area (Å²) in [6.07, 6.45) is 1.07. The van der Waals surface area contributed by atoms with E-state index in [1.54, 1.807) is 12.1 Å². The van der Waals surface area contributed by atoms with Crippen molar-refractivity contribution in [3.05, 3.63) is 34.7 Å². The SMILES string of the molecule is CS(=O)(=O)CC1=CS(=O)(=O)c2ccc(CN)cc21. The van der Waals surface area contributed by atoms with Gasteiger partial charge in [-0.1, -0.05) is 6.07 Å². The fraction of sp³-hybridized carbons (Fsp3) is 0.273. The zero-order chi connectivity index (χ0) is 13.6. The Morgan fingerprint density at radius 1 is 1.28 bits per heavy atom. The van der Waals surface area contributed by atoms with E-state index in [0.717, 1.165) is 17.2 Å². The molecule has 0 aromatic heterocycles. The van der Waals surface area contributed by atoms with E-state index >= 15 is 0 Å². The van der Waals surface area contributed by atoms with Crippen LogP contribution in [-0.2, 0) is 26.2 Å². The maximum absolute atomic E-state index is 11.8. The molecule has 1 aromatic carbocycles. The Labute approximate surface area is 106 Å². The monoisotopic (exact) mass is 287 g/mol. The summed E-state index contributed by atoms with van der Waals surface area (Å²) in [5.41, 5.74) is 7.02. The third-order valence-electron chi connectivity index (χ3n) is 2.65. The van der Waals surface area contributed by atoms with E-state index in [0.29, 0.717) is 11.1 Å². The Kier molecular flexibility index (Phi) is 3.08. The highest BCUT2D eigenvalue weighted by Crippen LogP contribution is 2.34. The lowest BCUT2D eigenvalue weighted by molar-refractivity contribution is 0.603. The van der Waals surface area contributed by atoms with Crippen molar-refractivity contribution in [2.45, 2.75) is 11.4 Å². The van der Waals surface area contributed by atoms with E-state index in [-0.39, 0.29) is 17.2 Å². The highest BCUT2D eigenvalue weighted by Gasteiger charge is 2.28. The first-order valence-electron chi connectivity index (χ1n) is 5.20. The van der Waals surface area contributed by atoms with Gasteiger partial charge in [0.05, 0.1) is 10.6 Å². The maximum Gasteiger partial charge on any atom is 0.200 e. The van der Waals surface area contributed by atoms with Gasteiger partial charge in [-0.25, -0.2) is 16.8 Å². The van der Waals surface area contributed by atoms with Gasteiger partial charge < -0.3 is 5.73 Å². The molecule has 0 spiro atoms. The summed E-state index contributed by atoms with van der Waals surface area (Å²) in [5.74, 6) is -0.284. The zero-order valence-electron chi connectivity index (χ0n) is 9.75. The number of fused-ring (bicyclic) bond motifs is 1. The molecule has 0 radical (unpaired) electrons. The lowest BCUT2D eigenvalue weighted by Gasteiger charge is -2.05. The average molecular weight is 287 g/mol. The van der Waals surface area contributed by atoms with Crippen molar-refractivity contribution >= 4 is 25.2 Å². The number of sulfone groups is 2. The minimum atomic E-state index is -3.52. The molecular formula is C11H13NO4S2. The zero-order valence-corrected chi connectivity index (χ0v) is 11.4. The molecule has 2 rings (SSSR count). The van der Waals surface area contributed by atoms with Gasteiger partial charge in [-0.15, -0.1) is 0 Å². The quantitative estimate of drug-likeness (QED) is 0.864. The number of hydrogen-bond acceptors (Lipinski definition) is 5. The number of rotatable bonds is 3. The van der Waals surface area contributed by atoms with E-state index in [2.05, 4.69) is 0 Å². The first kappa shape index (κ1) is 13.3. The van der Waals surface area contributed by atoms with Crippen LogP contribution in [0.3, 0.4) is 0 Å². The van der Waals surface area contributed by atoms with E-state index in [9.17, 15) is 16.8 Å². The molecule has 0 aliphatic carbocycles. The van der Waals surface area contributed by atoms with Gasteiger partial charge in [0.15, 0.2) is 9.84 Å². The predicted octanol–water partition coefficient (Wildman–Crippen LogP) is 0.318. The molecule has 18 heavy (non-hydrogen) atoms. The van der Waals surface area contributed by atoms with Crippen molar-refractivity contribution < 1.29 is 16.8 Å². The summed E-state index contributed by atoms with van der Waals surface area (Å²) < 4.78 is 46.3. The van der Waals surface area contributed by atoms with Gasteiger partial charge in [0, 0.05) is 18.2 Å². The molecule has 5 nitrogen and oxygen atoms in total. The molecular weight excluding hydrogens is 274 g/mol. The van der Waals surface area contributed by atoms with Crippen molar-refractivity contribution in [1.29, 1.82) is 0 Å². The van der Waals surface area contributed by atoms with Crippen LogP contribution in [-0.4, -0.2) is 28.8 Å². The van der Waals surface area contributed by atoms with E-state index in [1.807, 2.05) is 0 Å². The average Bonchev–Trinajstić information content (AvgIpc) is 2.48. The Morgan fingerprint density at radius 2 is 1.94 bits per heavy atom. The topological polar surface area (TPSA) is 94.3 Å². The first-order valence-corrected chi connectivity index (χ1v) is 8.80. The molecule has 0 amide bonds. The van der Waals surface area contributed by atoms with Crippen LogP contribution in [0.15, 0.2) is 28.5 Å². The van der Waals surface area contributed by atoms with Gasteiger partial charge in [-0.05, 0) is 28.8 Å². The Bertz CT molecular complexity index is 730. The van der Waals surface area contributed by atoms with Gasteiger partial charge in [0.1, 0.15) is 0 Å². The van der Waals surface area contributed by atoms with Gasteiger partial charge in [-0.3, -0.25) is 0 Å². The molecule has 1 aromatic rings. The van der Waals surface area contributed by atoms with Crippen LogP contribution >= 0.6 is 0 Å². The lowest BCUT2D eigenvalue weighted by Crippen LogP contribution is -2.05. The molecule has 0 saturated carbocycles. The summed E-state index contributed by atoms with van der Waals surface area (Å²) in [6, 6.07) is 4.74. The van der Waals surface area contributed by atoms with Crippen molar-refractivity contribution in [2.75, 3.05) is 12.0 Å².